The molecule has 0 saturated heterocycles. The Morgan fingerprint density at radius 1 is 1.10 bits per heavy atom. The molecular weight excluding hydrogens is 380 g/mol. The van der Waals surface area contributed by atoms with E-state index in [4.69, 9.17) is 0 Å². The summed E-state index contributed by atoms with van der Waals surface area (Å²) in [5.41, 5.74) is 3.53. The third kappa shape index (κ3) is 5.70. The molecule has 2 N–H and O–H groups in total. The van der Waals surface area contributed by atoms with Crippen molar-refractivity contribution < 1.29 is 4.79 Å². The second-order valence-electron chi connectivity index (χ2n) is 7.04. The maximum absolute atomic E-state index is 12.5. The molecule has 0 spiro atoms. The highest BCUT2D eigenvalue weighted by Crippen LogP contribution is 2.24. The molecule has 0 fully saturated rings. The van der Waals surface area contributed by atoms with Crippen LogP contribution in [0.15, 0.2) is 59.8 Å². The van der Waals surface area contributed by atoms with Gasteiger partial charge in [0, 0.05) is 18.0 Å². The standard InChI is InChI=1S/C23H28N4OS/c1-4-17-11-13-20(14-12-17)21-25-23(27-26-21)29-16(3)22(28)24-15-18(5-2)19-9-7-6-8-10-19/h6-14,16,18H,4-5,15H2,1-3H3,(H,24,28)(H,25,26,27)/t16-,18-/m1/s1. The minimum absolute atomic E-state index is 0.00281. The van der Waals surface area contributed by atoms with Crippen LogP contribution in [0, 0.1) is 0 Å². The molecule has 0 unspecified atom stereocenters. The highest BCUT2D eigenvalue weighted by molar-refractivity contribution is 8.00. The summed E-state index contributed by atoms with van der Waals surface area (Å²) in [6, 6.07) is 18.6. The van der Waals surface area contributed by atoms with Gasteiger partial charge in [0.15, 0.2) is 5.82 Å². The molecule has 2 atom stereocenters. The van der Waals surface area contributed by atoms with Crippen molar-refractivity contribution in [3.05, 3.63) is 65.7 Å². The van der Waals surface area contributed by atoms with Crippen LogP contribution < -0.4 is 5.32 Å². The van der Waals surface area contributed by atoms with E-state index in [1.165, 1.54) is 22.9 Å². The molecule has 3 rings (SSSR count). The van der Waals surface area contributed by atoms with E-state index in [-0.39, 0.29) is 11.2 Å². The van der Waals surface area contributed by atoms with Crippen molar-refractivity contribution >= 4 is 17.7 Å². The maximum atomic E-state index is 12.5. The number of carbonyl (C=O) groups excluding carboxylic acids is 1. The molecule has 3 aromatic rings. The molecule has 2 aromatic carbocycles. The number of aromatic amines is 1. The van der Waals surface area contributed by atoms with Gasteiger partial charge in [-0.15, -0.1) is 5.10 Å². The summed E-state index contributed by atoms with van der Waals surface area (Å²) in [5, 5.41) is 10.6. The molecule has 1 amide bonds. The Hall–Kier alpha value is -2.60. The molecule has 5 nitrogen and oxygen atoms in total. The lowest BCUT2D eigenvalue weighted by molar-refractivity contribution is -0.120. The van der Waals surface area contributed by atoms with Gasteiger partial charge in [0.1, 0.15) is 0 Å². The molecule has 0 aliphatic heterocycles. The molecule has 0 aliphatic carbocycles. The predicted octanol–water partition coefficient (Wildman–Crippen LogP) is 4.82. The van der Waals surface area contributed by atoms with Crippen molar-refractivity contribution in [1.82, 2.24) is 20.5 Å². The fourth-order valence-corrected chi connectivity index (χ4v) is 3.88. The van der Waals surface area contributed by atoms with E-state index in [0.29, 0.717) is 17.6 Å². The van der Waals surface area contributed by atoms with Crippen LogP contribution in [-0.4, -0.2) is 32.9 Å². The Morgan fingerprint density at radius 3 is 2.48 bits per heavy atom. The Balaban J connectivity index is 1.55. The van der Waals surface area contributed by atoms with Gasteiger partial charge in [-0.1, -0.05) is 80.2 Å². The third-order valence-corrected chi connectivity index (χ3v) is 6.00. The number of hydrogen-bond donors (Lipinski definition) is 2. The quantitative estimate of drug-likeness (QED) is 0.498. The summed E-state index contributed by atoms with van der Waals surface area (Å²) in [6.45, 7) is 6.79. The molecule has 0 radical (unpaired) electrons. The first-order valence-electron chi connectivity index (χ1n) is 10.1. The number of H-pyrrole nitrogens is 1. The number of benzene rings is 2. The largest absolute Gasteiger partial charge is 0.355 e. The maximum Gasteiger partial charge on any atom is 0.233 e. The van der Waals surface area contributed by atoms with Crippen molar-refractivity contribution in [1.29, 1.82) is 0 Å². The lowest BCUT2D eigenvalue weighted by Crippen LogP contribution is -2.34. The van der Waals surface area contributed by atoms with Crippen molar-refractivity contribution in [3.8, 4) is 11.4 Å². The van der Waals surface area contributed by atoms with Gasteiger partial charge in [0.05, 0.1) is 5.25 Å². The van der Waals surface area contributed by atoms with Crippen LogP contribution in [0.4, 0.5) is 0 Å². The first-order chi connectivity index (χ1) is 14.1. The summed E-state index contributed by atoms with van der Waals surface area (Å²) >= 11 is 1.36. The molecule has 0 bridgehead atoms. The van der Waals surface area contributed by atoms with Crippen LogP contribution in [0.5, 0.6) is 0 Å². The van der Waals surface area contributed by atoms with E-state index in [2.05, 4.69) is 58.6 Å². The van der Waals surface area contributed by atoms with Crippen molar-refractivity contribution in [2.24, 2.45) is 0 Å². The van der Waals surface area contributed by atoms with Gasteiger partial charge in [-0.2, -0.15) is 0 Å². The number of rotatable bonds is 9. The number of carbonyl (C=O) groups is 1. The summed E-state index contributed by atoms with van der Waals surface area (Å²) in [6.07, 6.45) is 1.99. The minimum atomic E-state index is -0.269. The number of nitrogens with one attached hydrogen (secondary N) is 2. The lowest BCUT2D eigenvalue weighted by atomic mass is 9.96. The van der Waals surface area contributed by atoms with Crippen molar-refractivity contribution in [3.63, 3.8) is 0 Å². The predicted molar refractivity (Wildman–Crippen MR) is 119 cm³/mol. The summed E-state index contributed by atoms with van der Waals surface area (Å²) in [5.74, 6) is 1.04. The first-order valence-corrected chi connectivity index (χ1v) is 11.0. The number of aromatic nitrogens is 3. The zero-order valence-corrected chi connectivity index (χ0v) is 18.0. The third-order valence-electron chi connectivity index (χ3n) is 5.04. The molecule has 6 heteroatoms. The van der Waals surface area contributed by atoms with E-state index in [1.54, 1.807) is 0 Å². The zero-order valence-electron chi connectivity index (χ0n) is 17.2. The highest BCUT2D eigenvalue weighted by atomic mass is 32.2. The highest BCUT2D eigenvalue weighted by Gasteiger charge is 2.19. The monoisotopic (exact) mass is 408 g/mol. The van der Waals surface area contributed by atoms with Gasteiger partial charge < -0.3 is 5.32 Å². The van der Waals surface area contributed by atoms with Gasteiger partial charge in [-0.3, -0.25) is 9.89 Å². The number of amides is 1. The van der Waals surface area contributed by atoms with Crippen LogP contribution in [0.25, 0.3) is 11.4 Å². The number of hydrogen-bond acceptors (Lipinski definition) is 4. The van der Waals surface area contributed by atoms with Crippen LogP contribution in [0.1, 0.15) is 44.2 Å². The number of thioether (sulfide) groups is 1. The van der Waals surface area contributed by atoms with Gasteiger partial charge in [-0.05, 0) is 30.9 Å². The van der Waals surface area contributed by atoms with E-state index < -0.39 is 0 Å². The number of aryl methyl sites for hydroxylation is 1. The minimum Gasteiger partial charge on any atom is -0.355 e. The van der Waals surface area contributed by atoms with E-state index >= 15 is 0 Å². The second kappa shape index (κ2) is 10.3. The Labute approximate surface area is 176 Å². The molecule has 0 aliphatic rings. The summed E-state index contributed by atoms with van der Waals surface area (Å²) in [4.78, 5) is 17.1. The first kappa shape index (κ1) is 21.1. The van der Waals surface area contributed by atoms with E-state index in [0.717, 1.165) is 24.2 Å². The summed E-state index contributed by atoms with van der Waals surface area (Å²) < 4.78 is 0. The van der Waals surface area contributed by atoms with Crippen LogP contribution in [0.3, 0.4) is 0 Å². The van der Waals surface area contributed by atoms with Gasteiger partial charge in [-0.25, -0.2) is 4.98 Å². The fraction of sp³-hybridized carbons (Fsp3) is 0.348. The smallest absolute Gasteiger partial charge is 0.233 e. The van der Waals surface area contributed by atoms with Crippen molar-refractivity contribution in [2.45, 2.75) is 49.9 Å². The molecule has 0 saturated carbocycles. The Bertz CT molecular complexity index is 908. The van der Waals surface area contributed by atoms with Crippen molar-refractivity contribution in [2.75, 3.05) is 6.54 Å². The molecule has 152 valence electrons. The average Bonchev–Trinajstić information content (AvgIpc) is 3.23. The van der Waals surface area contributed by atoms with E-state index in [1.807, 2.05) is 37.3 Å². The molecular formula is C23H28N4OS. The normalized spacial score (nSPS) is 13.1. The second-order valence-corrected chi connectivity index (χ2v) is 8.35. The van der Waals surface area contributed by atoms with Gasteiger partial charge in [0.25, 0.3) is 0 Å². The van der Waals surface area contributed by atoms with E-state index in [9.17, 15) is 4.79 Å². The topological polar surface area (TPSA) is 70.7 Å². The molecule has 1 aromatic heterocycles. The molecule has 1 heterocycles. The lowest BCUT2D eigenvalue weighted by Gasteiger charge is -2.17. The van der Waals surface area contributed by atoms with Gasteiger partial charge >= 0.3 is 0 Å². The Morgan fingerprint density at radius 2 is 1.83 bits per heavy atom. The van der Waals surface area contributed by atoms with Crippen LogP contribution in [0.2, 0.25) is 0 Å². The SMILES string of the molecule is CCc1ccc(-c2nc(S[C@H](C)C(=O)NC[C@@H](CC)c3ccccc3)n[nH]2)cc1. The molecule has 29 heavy (non-hydrogen) atoms. The van der Waals surface area contributed by atoms with Crippen LogP contribution >= 0.6 is 11.8 Å². The van der Waals surface area contributed by atoms with Crippen LogP contribution in [-0.2, 0) is 11.2 Å². The Kier molecular flexibility index (Phi) is 7.47. The zero-order chi connectivity index (χ0) is 20.6. The fourth-order valence-electron chi connectivity index (χ4n) is 3.13. The summed E-state index contributed by atoms with van der Waals surface area (Å²) in [7, 11) is 0. The average molecular weight is 409 g/mol. The van der Waals surface area contributed by atoms with Gasteiger partial charge in [0.2, 0.25) is 11.1 Å². The number of nitrogens with zero attached hydrogens (tertiary/aromatic N) is 2.